The second kappa shape index (κ2) is 11.8. The second-order valence-electron chi connectivity index (χ2n) is 8.04. The van der Waals surface area contributed by atoms with Gasteiger partial charge in [-0.3, -0.25) is 4.79 Å². The number of ether oxygens (including phenoxy) is 3. The van der Waals surface area contributed by atoms with Crippen LogP contribution in [0.4, 0.5) is 0 Å². The van der Waals surface area contributed by atoms with Gasteiger partial charge in [-0.1, -0.05) is 11.6 Å². The summed E-state index contributed by atoms with van der Waals surface area (Å²) in [7, 11) is 1.54. The number of rotatable bonds is 11. The lowest BCUT2D eigenvalue weighted by Crippen LogP contribution is -2.13. The van der Waals surface area contributed by atoms with Gasteiger partial charge < -0.3 is 24.2 Å². The minimum Gasteiger partial charge on any atom is -0.507 e. The number of nitrogens with zero attached hydrogens (tertiary/aromatic N) is 1. The summed E-state index contributed by atoms with van der Waals surface area (Å²) in [5.74, 6) is -0.260. The third-order valence-electron chi connectivity index (χ3n) is 5.76. The van der Waals surface area contributed by atoms with Crippen LogP contribution < -0.4 is 4.74 Å². The Hall–Kier alpha value is -2.87. The maximum atomic E-state index is 12.1. The Morgan fingerprint density at radius 2 is 2.03 bits per heavy atom. The summed E-state index contributed by atoms with van der Waals surface area (Å²) in [6.45, 7) is 5.26. The number of carbonyl (C=O) groups is 2. The third kappa shape index (κ3) is 6.35. The Balaban J connectivity index is 1.45. The van der Waals surface area contributed by atoms with Crippen molar-refractivity contribution in [3.63, 3.8) is 0 Å². The van der Waals surface area contributed by atoms with Crippen LogP contribution in [0.1, 0.15) is 59.7 Å². The molecule has 1 aromatic carbocycles. The Morgan fingerprint density at radius 3 is 2.76 bits per heavy atom. The van der Waals surface area contributed by atoms with E-state index in [9.17, 15) is 14.7 Å². The fourth-order valence-electron chi connectivity index (χ4n) is 3.83. The highest BCUT2D eigenvalue weighted by atomic mass is 32.2. The summed E-state index contributed by atoms with van der Waals surface area (Å²) in [6.07, 6.45) is 9.04. The second-order valence-corrected chi connectivity index (χ2v) is 8.86. The van der Waals surface area contributed by atoms with E-state index in [4.69, 9.17) is 14.2 Å². The first-order chi connectivity index (χ1) is 15.9. The van der Waals surface area contributed by atoms with Crippen molar-refractivity contribution >= 4 is 23.7 Å². The van der Waals surface area contributed by atoms with Gasteiger partial charge in [-0.05, 0) is 55.9 Å². The van der Waals surface area contributed by atoms with Gasteiger partial charge in [0.25, 0.3) is 0 Å². The quantitative estimate of drug-likeness (QED) is 0.274. The largest absolute Gasteiger partial charge is 0.507 e. The number of esters is 2. The Labute approximate surface area is 199 Å². The van der Waals surface area contributed by atoms with Crippen molar-refractivity contribution in [2.75, 3.05) is 20.3 Å². The topological polar surface area (TPSA) is 85.3 Å². The van der Waals surface area contributed by atoms with E-state index in [1.165, 1.54) is 0 Å². The molecule has 1 aromatic rings. The van der Waals surface area contributed by atoms with Crippen molar-refractivity contribution in [2.24, 2.45) is 0 Å². The maximum Gasteiger partial charge on any atom is 0.342 e. The first-order valence-corrected chi connectivity index (χ1v) is 12.0. The lowest BCUT2D eigenvalue weighted by Gasteiger charge is -2.17. The zero-order chi connectivity index (χ0) is 23.8. The summed E-state index contributed by atoms with van der Waals surface area (Å²) in [5, 5.41) is 14.7. The van der Waals surface area contributed by atoms with Crippen LogP contribution >= 0.6 is 11.8 Å². The molecule has 7 nitrogen and oxygen atoms in total. The first kappa shape index (κ1) is 24.8. The number of carbonyl (C=O) groups excluding carboxylic acids is 2. The van der Waals surface area contributed by atoms with E-state index in [2.05, 4.69) is 4.90 Å². The molecule has 0 atom stereocenters. The zero-order valence-electron chi connectivity index (χ0n) is 19.4. The smallest absolute Gasteiger partial charge is 0.342 e. The van der Waals surface area contributed by atoms with Crippen LogP contribution in [-0.2, 0) is 27.3 Å². The average Bonchev–Trinajstić information content (AvgIpc) is 3.21. The van der Waals surface area contributed by atoms with E-state index >= 15 is 0 Å². The van der Waals surface area contributed by atoms with Crippen LogP contribution in [-0.4, -0.2) is 42.2 Å². The summed E-state index contributed by atoms with van der Waals surface area (Å²) in [4.78, 5) is 26.2. The third-order valence-corrected chi connectivity index (χ3v) is 6.32. The van der Waals surface area contributed by atoms with Crippen molar-refractivity contribution in [3.8, 4) is 11.5 Å². The molecular weight excluding hydrogens is 442 g/mol. The van der Waals surface area contributed by atoms with Gasteiger partial charge >= 0.3 is 11.9 Å². The molecule has 33 heavy (non-hydrogen) atoms. The number of methoxy groups -OCH3 is 1. The van der Waals surface area contributed by atoms with Crippen molar-refractivity contribution < 1.29 is 28.9 Å². The molecule has 2 heterocycles. The van der Waals surface area contributed by atoms with Crippen molar-refractivity contribution in [1.82, 2.24) is 4.90 Å². The molecule has 0 bridgehead atoms. The summed E-state index contributed by atoms with van der Waals surface area (Å²) < 4.78 is 15.9. The SMILES string of the molecule is COc1c(C)c2c(c(O)c1C/C=C(\C)CCC(=O)OCCCCN1C=CSC=C1)C(=O)OC2. The molecular formula is C25H31NO6S. The molecule has 0 radical (unpaired) electrons. The van der Waals surface area contributed by atoms with E-state index in [1.54, 1.807) is 18.9 Å². The van der Waals surface area contributed by atoms with Crippen LogP contribution in [0.25, 0.3) is 0 Å². The number of allylic oxidation sites excluding steroid dienone is 2. The number of phenolic OH excluding ortho intramolecular Hbond substituents is 1. The molecule has 2 aliphatic heterocycles. The molecule has 0 amide bonds. The highest BCUT2D eigenvalue weighted by Gasteiger charge is 2.31. The van der Waals surface area contributed by atoms with Gasteiger partial charge in [0.05, 0.1) is 13.7 Å². The van der Waals surface area contributed by atoms with E-state index in [-0.39, 0.29) is 23.9 Å². The number of phenols is 1. The molecule has 178 valence electrons. The lowest BCUT2D eigenvalue weighted by atomic mass is 9.94. The van der Waals surface area contributed by atoms with Gasteiger partial charge in [-0.2, -0.15) is 0 Å². The van der Waals surface area contributed by atoms with Crippen LogP contribution in [0, 0.1) is 6.92 Å². The number of hydrogen-bond donors (Lipinski definition) is 1. The highest BCUT2D eigenvalue weighted by Crippen LogP contribution is 2.42. The number of hydrogen-bond acceptors (Lipinski definition) is 8. The molecule has 0 saturated heterocycles. The molecule has 0 aromatic heterocycles. The first-order valence-electron chi connectivity index (χ1n) is 11.1. The molecule has 0 unspecified atom stereocenters. The van der Waals surface area contributed by atoms with Gasteiger partial charge in [0.15, 0.2) is 0 Å². The molecule has 0 spiro atoms. The van der Waals surface area contributed by atoms with Crippen molar-refractivity contribution in [2.45, 2.75) is 52.6 Å². The summed E-state index contributed by atoms with van der Waals surface area (Å²) >= 11 is 1.65. The number of fused-ring (bicyclic) bond motifs is 1. The number of benzene rings is 1. The minimum atomic E-state index is -0.513. The highest BCUT2D eigenvalue weighted by molar-refractivity contribution is 8.04. The summed E-state index contributed by atoms with van der Waals surface area (Å²) in [5.41, 5.74) is 3.24. The molecule has 0 aliphatic carbocycles. The fraction of sp³-hybridized carbons (Fsp3) is 0.440. The average molecular weight is 474 g/mol. The van der Waals surface area contributed by atoms with E-state index in [1.807, 2.05) is 43.1 Å². The van der Waals surface area contributed by atoms with Crippen LogP contribution in [0.2, 0.25) is 0 Å². The predicted octanol–water partition coefficient (Wildman–Crippen LogP) is 4.96. The number of cyclic esters (lactones) is 1. The van der Waals surface area contributed by atoms with Gasteiger partial charge in [-0.15, -0.1) is 11.8 Å². The molecule has 8 heteroatoms. The molecule has 3 rings (SSSR count). The molecule has 1 N–H and O–H groups in total. The van der Waals surface area contributed by atoms with Crippen LogP contribution in [0.3, 0.4) is 0 Å². The Bertz CT molecular complexity index is 970. The zero-order valence-corrected chi connectivity index (χ0v) is 20.2. The molecule has 0 fully saturated rings. The van der Waals surface area contributed by atoms with Gasteiger partial charge in [0.2, 0.25) is 0 Å². The monoisotopic (exact) mass is 473 g/mol. The van der Waals surface area contributed by atoms with Crippen molar-refractivity contribution in [1.29, 1.82) is 0 Å². The van der Waals surface area contributed by atoms with E-state index < -0.39 is 5.97 Å². The minimum absolute atomic E-state index is 0.0901. The predicted molar refractivity (Wildman–Crippen MR) is 128 cm³/mol. The standard InChI is InChI=1S/C25H31NO6S/c1-17(7-9-21(27)31-13-5-4-10-26-11-14-33-15-12-26)6-8-19-23(28)22-20(16-32-25(22)29)18(2)24(19)30-3/h6,11-12,14-15,28H,4-5,7-10,13,16H2,1-3H3/b17-6+. The maximum absolute atomic E-state index is 12.1. The van der Waals surface area contributed by atoms with Gasteiger partial charge in [0.1, 0.15) is 23.7 Å². The van der Waals surface area contributed by atoms with Crippen LogP contribution in [0.5, 0.6) is 11.5 Å². The lowest BCUT2D eigenvalue weighted by molar-refractivity contribution is -0.143. The van der Waals surface area contributed by atoms with E-state index in [0.717, 1.165) is 30.5 Å². The Morgan fingerprint density at radius 1 is 1.27 bits per heavy atom. The van der Waals surface area contributed by atoms with Gasteiger partial charge in [0, 0.05) is 36.5 Å². The number of unbranched alkanes of at least 4 members (excludes halogenated alkanes) is 1. The Kier molecular flexibility index (Phi) is 8.88. The summed E-state index contributed by atoms with van der Waals surface area (Å²) in [6, 6.07) is 0. The van der Waals surface area contributed by atoms with Crippen molar-refractivity contribution in [3.05, 3.63) is 57.1 Å². The van der Waals surface area contributed by atoms with Crippen LogP contribution in [0.15, 0.2) is 34.9 Å². The number of aromatic hydroxyl groups is 1. The normalized spacial score (nSPS) is 14.9. The number of thioether (sulfide) groups is 1. The fourth-order valence-corrected chi connectivity index (χ4v) is 4.37. The molecule has 2 aliphatic rings. The van der Waals surface area contributed by atoms with Gasteiger partial charge in [-0.25, -0.2) is 4.79 Å². The van der Waals surface area contributed by atoms with E-state index in [0.29, 0.717) is 42.7 Å². The molecule has 0 saturated carbocycles.